The van der Waals surface area contributed by atoms with E-state index < -0.39 is 12.6 Å². The van der Waals surface area contributed by atoms with E-state index in [1.54, 1.807) is 11.7 Å². The number of nitrogens with zero attached hydrogens (tertiary/aromatic N) is 3. The molecule has 0 bridgehead atoms. The number of ether oxygens (including phenoxy) is 1. The van der Waals surface area contributed by atoms with Crippen molar-refractivity contribution >= 4 is 17.3 Å². The molecule has 0 aliphatic carbocycles. The Kier molecular flexibility index (Phi) is 3.22. The molecule has 0 saturated heterocycles. The fourth-order valence-corrected chi connectivity index (χ4v) is 1.51. The zero-order valence-electron chi connectivity index (χ0n) is 7.99. The number of hydrogen-bond acceptors (Lipinski definition) is 7. The molecule has 2 rings (SSSR count). The van der Waals surface area contributed by atoms with E-state index >= 15 is 0 Å². The van der Waals surface area contributed by atoms with Crippen LogP contribution in [-0.2, 0) is 16.1 Å². The van der Waals surface area contributed by atoms with E-state index in [1.165, 1.54) is 11.3 Å². The average molecular weight is 241 g/mol. The molecule has 84 valence electrons. The molecule has 0 spiro atoms. The normalized spacial score (nSPS) is 10.5. The smallest absolute Gasteiger partial charge is 0.329 e. The van der Waals surface area contributed by atoms with Gasteiger partial charge in [0.1, 0.15) is 13.2 Å². The summed E-state index contributed by atoms with van der Waals surface area (Å²) in [4.78, 5) is 18.9. The van der Waals surface area contributed by atoms with Gasteiger partial charge in [0.05, 0.1) is 10.4 Å². The van der Waals surface area contributed by atoms with Gasteiger partial charge in [-0.25, -0.2) is 4.79 Å². The summed E-state index contributed by atoms with van der Waals surface area (Å²) in [6.45, 7) is -0.406. The topological polar surface area (TPSA) is 98.3 Å². The minimum Gasteiger partial charge on any atom is -0.480 e. The van der Waals surface area contributed by atoms with Gasteiger partial charge in [-0.3, -0.25) is 4.98 Å². The van der Waals surface area contributed by atoms with Crippen molar-refractivity contribution in [3.63, 3.8) is 0 Å². The van der Waals surface area contributed by atoms with Gasteiger partial charge in [-0.05, 0) is 0 Å². The van der Waals surface area contributed by atoms with Gasteiger partial charge in [-0.15, -0.1) is 11.3 Å². The third-order valence-corrected chi connectivity index (χ3v) is 2.34. The van der Waals surface area contributed by atoms with Crippen molar-refractivity contribution in [2.24, 2.45) is 0 Å². The van der Waals surface area contributed by atoms with Gasteiger partial charge in [0.25, 0.3) is 5.89 Å². The first-order chi connectivity index (χ1) is 7.75. The molecule has 1 N–H and O–H groups in total. The maximum atomic E-state index is 10.2. The molecule has 8 heteroatoms. The van der Waals surface area contributed by atoms with E-state index in [9.17, 15) is 4.79 Å². The Morgan fingerprint density at radius 3 is 3.19 bits per heavy atom. The van der Waals surface area contributed by atoms with Crippen molar-refractivity contribution in [3.05, 3.63) is 17.6 Å². The summed E-state index contributed by atoms with van der Waals surface area (Å²) in [5.41, 5.74) is 1.66. The lowest BCUT2D eigenvalue weighted by Gasteiger charge is -1.93. The third-order valence-electron chi connectivity index (χ3n) is 1.57. The van der Waals surface area contributed by atoms with Crippen LogP contribution in [0.5, 0.6) is 0 Å². The van der Waals surface area contributed by atoms with Crippen LogP contribution in [0.4, 0.5) is 0 Å². The van der Waals surface area contributed by atoms with Gasteiger partial charge in [0, 0.05) is 6.20 Å². The summed E-state index contributed by atoms with van der Waals surface area (Å²) in [7, 11) is 0. The Bertz CT molecular complexity index is 467. The number of rotatable bonds is 5. The van der Waals surface area contributed by atoms with E-state index in [4.69, 9.17) is 14.4 Å². The number of carboxylic acid groups (broad SMARTS) is 1. The molecule has 7 nitrogen and oxygen atoms in total. The third kappa shape index (κ3) is 2.61. The van der Waals surface area contributed by atoms with Crippen LogP contribution in [-0.4, -0.2) is 32.8 Å². The number of carboxylic acids is 1. The Hall–Kier alpha value is -1.80. The van der Waals surface area contributed by atoms with E-state index in [2.05, 4.69) is 15.1 Å². The van der Waals surface area contributed by atoms with Crippen LogP contribution in [0.25, 0.3) is 10.7 Å². The molecular weight excluding hydrogens is 234 g/mol. The molecule has 0 radical (unpaired) electrons. The van der Waals surface area contributed by atoms with Gasteiger partial charge in [-0.2, -0.15) is 4.98 Å². The van der Waals surface area contributed by atoms with Crippen molar-refractivity contribution in [2.75, 3.05) is 6.61 Å². The number of thiazole rings is 1. The summed E-state index contributed by atoms with van der Waals surface area (Å²) in [6.07, 6.45) is 1.62. The number of carbonyl (C=O) groups is 1. The van der Waals surface area contributed by atoms with E-state index in [1.807, 2.05) is 0 Å². The van der Waals surface area contributed by atoms with E-state index in [-0.39, 0.29) is 12.5 Å². The van der Waals surface area contributed by atoms with Crippen molar-refractivity contribution in [1.82, 2.24) is 15.1 Å². The summed E-state index contributed by atoms with van der Waals surface area (Å²) in [5, 5.41) is 12.1. The van der Waals surface area contributed by atoms with E-state index in [0.717, 1.165) is 4.88 Å². The summed E-state index contributed by atoms with van der Waals surface area (Å²) >= 11 is 1.39. The first kappa shape index (κ1) is 10.7. The van der Waals surface area contributed by atoms with Gasteiger partial charge in [0.15, 0.2) is 0 Å². The second-order valence-electron chi connectivity index (χ2n) is 2.76. The molecular formula is C8H7N3O4S. The van der Waals surface area contributed by atoms with Crippen molar-refractivity contribution in [2.45, 2.75) is 6.61 Å². The Balaban J connectivity index is 1.95. The molecule has 0 atom stereocenters. The highest BCUT2D eigenvalue weighted by atomic mass is 32.1. The molecule has 0 aliphatic heterocycles. The highest BCUT2D eigenvalue weighted by Crippen LogP contribution is 2.19. The second kappa shape index (κ2) is 4.81. The molecule has 0 amide bonds. The lowest BCUT2D eigenvalue weighted by molar-refractivity contribution is -0.142. The quantitative estimate of drug-likeness (QED) is 0.826. The first-order valence-electron chi connectivity index (χ1n) is 4.26. The zero-order valence-corrected chi connectivity index (χ0v) is 8.81. The highest BCUT2D eigenvalue weighted by Gasteiger charge is 2.10. The zero-order chi connectivity index (χ0) is 11.4. The van der Waals surface area contributed by atoms with Gasteiger partial charge in [-0.1, -0.05) is 5.16 Å². The summed E-state index contributed by atoms with van der Waals surface area (Å²) in [5.74, 6) is -0.372. The monoisotopic (exact) mass is 241 g/mol. The van der Waals surface area contributed by atoms with Crippen molar-refractivity contribution in [1.29, 1.82) is 0 Å². The molecule has 2 aromatic heterocycles. The fraction of sp³-hybridized carbons (Fsp3) is 0.250. The number of aromatic nitrogens is 3. The Morgan fingerprint density at radius 2 is 2.50 bits per heavy atom. The maximum absolute atomic E-state index is 10.2. The highest BCUT2D eigenvalue weighted by molar-refractivity contribution is 7.13. The SMILES string of the molecule is O=C(O)COCc1nc(-c2cncs2)no1. The molecule has 16 heavy (non-hydrogen) atoms. The fourth-order valence-electron chi connectivity index (χ4n) is 0.965. The second-order valence-corrected chi connectivity index (χ2v) is 3.65. The lowest BCUT2D eigenvalue weighted by atomic mass is 10.5. The van der Waals surface area contributed by atoms with Crippen molar-refractivity contribution < 1.29 is 19.2 Å². The standard InChI is InChI=1S/C8H7N3O4S/c12-7(13)3-14-2-6-10-8(11-15-6)5-1-9-4-16-5/h1,4H,2-3H2,(H,12,13). The van der Waals surface area contributed by atoms with Crippen LogP contribution in [0.1, 0.15) is 5.89 Å². The average Bonchev–Trinajstić information content (AvgIpc) is 2.85. The minimum absolute atomic E-state index is 0.0158. The van der Waals surface area contributed by atoms with Crippen LogP contribution in [0, 0.1) is 0 Å². The summed E-state index contributed by atoms with van der Waals surface area (Å²) in [6, 6.07) is 0. The molecule has 0 saturated carbocycles. The predicted octanol–water partition coefficient (Wildman–Crippen LogP) is 0.794. The molecule has 0 fully saturated rings. The van der Waals surface area contributed by atoms with Crippen molar-refractivity contribution in [3.8, 4) is 10.7 Å². The minimum atomic E-state index is -1.04. The van der Waals surface area contributed by atoms with Gasteiger partial charge in [0.2, 0.25) is 5.82 Å². The van der Waals surface area contributed by atoms with Crippen LogP contribution >= 0.6 is 11.3 Å². The largest absolute Gasteiger partial charge is 0.480 e. The van der Waals surface area contributed by atoms with Crippen LogP contribution in [0.15, 0.2) is 16.2 Å². The molecule has 2 heterocycles. The predicted molar refractivity (Wildman–Crippen MR) is 52.7 cm³/mol. The molecule has 2 aromatic rings. The summed E-state index contributed by atoms with van der Waals surface area (Å²) < 4.78 is 9.67. The maximum Gasteiger partial charge on any atom is 0.329 e. The van der Waals surface area contributed by atoms with Crippen LogP contribution in [0.3, 0.4) is 0 Å². The van der Waals surface area contributed by atoms with Gasteiger partial charge < -0.3 is 14.4 Å². The Labute approximate surface area is 93.7 Å². The molecule has 0 aliphatic rings. The van der Waals surface area contributed by atoms with Crippen LogP contribution in [0.2, 0.25) is 0 Å². The lowest BCUT2D eigenvalue weighted by Crippen LogP contribution is -2.06. The first-order valence-corrected chi connectivity index (χ1v) is 5.14. The number of aliphatic carboxylic acids is 1. The van der Waals surface area contributed by atoms with Gasteiger partial charge >= 0.3 is 5.97 Å². The molecule has 0 aromatic carbocycles. The van der Waals surface area contributed by atoms with Crippen LogP contribution < -0.4 is 0 Å². The molecule has 0 unspecified atom stereocenters. The van der Waals surface area contributed by atoms with E-state index in [0.29, 0.717) is 5.82 Å². The Morgan fingerprint density at radius 1 is 1.62 bits per heavy atom. The number of hydrogen-bond donors (Lipinski definition) is 1.